The number of nitrogen functional groups attached to an aromatic ring is 1. The topological polar surface area (TPSA) is 60.9 Å². The van der Waals surface area contributed by atoms with E-state index in [2.05, 4.69) is 5.10 Å². The van der Waals surface area contributed by atoms with Gasteiger partial charge in [-0.05, 0) is 18.1 Å². The predicted octanol–water partition coefficient (Wildman–Crippen LogP) is 1.74. The van der Waals surface area contributed by atoms with Gasteiger partial charge in [0.25, 0.3) is 0 Å². The van der Waals surface area contributed by atoms with Gasteiger partial charge in [0.05, 0.1) is 11.8 Å². The molecule has 0 saturated carbocycles. The smallest absolute Gasteiger partial charge is 0.172 e. The molecule has 2 aromatic rings. The molecule has 0 bridgehead atoms. The first kappa shape index (κ1) is 11.4. The lowest BCUT2D eigenvalue weighted by Gasteiger charge is -2.04. The molecule has 0 aliphatic carbocycles. The molecule has 0 atom stereocenters. The van der Waals surface area contributed by atoms with Crippen molar-refractivity contribution in [2.45, 2.75) is 13.3 Å². The Kier molecular flexibility index (Phi) is 2.95. The molecule has 0 aliphatic rings. The Morgan fingerprint density at radius 2 is 2.12 bits per heavy atom. The summed E-state index contributed by atoms with van der Waals surface area (Å²) in [4.78, 5) is 12.1. The van der Waals surface area contributed by atoms with Gasteiger partial charge >= 0.3 is 0 Å². The average Bonchev–Trinajstić information content (AvgIpc) is 2.63. The van der Waals surface area contributed by atoms with Crippen LogP contribution in [0.3, 0.4) is 0 Å². The summed E-state index contributed by atoms with van der Waals surface area (Å²) < 4.78 is 1.51. The fourth-order valence-electron chi connectivity index (χ4n) is 1.74. The van der Waals surface area contributed by atoms with Gasteiger partial charge in [0.1, 0.15) is 5.82 Å². The number of Topliss-reactive ketones (excluding diaryl/α,β-unsaturated/α-hetero) is 1. The summed E-state index contributed by atoms with van der Waals surface area (Å²) in [6.07, 6.45) is 1.89. The van der Waals surface area contributed by atoms with Crippen LogP contribution in [0.25, 0.3) is 0 Å². The number of hydrogen-bond donors (Lipinski definition) is 1. The van der Waals surface area contributed by atoms with Gasteiger partial charge in [-0.25, -0.2) is 0 Å². The summed E-state index contributed by atoms with van der Waals surface area (Å²) in [5, 5.41) is 3.97. The Morgan fingerprint density at radius 1 is 1.41 bits per heavy atom. The molecule has 0 spiro atoms. The van der Waals surface area contributed by atoms with Crippen molar-refractivity contribution in [2.75, 3.05) is 5.73 Å². The number of carbonyl (C=O) groups excluding carboxylic acids is 1. The van der Waals surface area contributed by atoms with Gasteiger partial charge in [0.2, 0.25) is 0 Å². The lowest BCUT2D eigenvalue weighted by atomic mass is 10.0. The van der Waals surface area contributed by atoms with Gasteiger partial charge < -0.3 is 5.73 Å². The van der Waals surface area contributed by atoms with E-state index in [0.29, 0.717) is 17.8 Å². The van der Waals surface area contributed by atoms with E-state index < -0.39 is 0 Å². The summed E-state index contributed by atoms with van der Waals surface area (Å²) in [5.41, 5.74) is 8.41. The first-order valence-corrected chi connectivity index (χ1v) is 5.44. The lowest BCUT2D eigenvalue weighted by Crippen LogP contribution is -2.08. The maximum atomic E-state index is 12.1. The first-order chi connectivity index (χ1) is 8.09. The zero-order chi connectivity index (χ0) is 12.4. The molecule has 17 heavy (non-hydrogen) atoms. The van der Waals surface area contributed by atoms with Crippen molar-refractivity contribution < 1.29 is 4.79 Å². The van der Waals surface area contributed by atoms with E-state index in [-0.39, 0.29) is 5.78 Å². The number of hydrogen-bond acceptors (Lipinski definition) is 3. The Labute approximate surface area is 100 Å². The summed E-state index contributed by atoms with van der Waals surface area (Å²) in [6, 6.07) is 7.85. The molecular weight excluding hydrogens is 214 g/mol. The number of nitrogens with two attached hydrogens (primary N) is 1. The van der Waals surface area contributed by atoms with Crippen LogP contribution in [-0.4, -0.2) is 15.6 Å². The SMILES string of the molecule is Cc1ccccc1CC(=O)c1cnn(C)c1N. The second-order valence-corrected chi connectivity index (χ2v) is 4.09. The monoisotopic (exact) mass is 229 g/mol. The van der Waals surface area contributed by atoms with E-state index in [9.17, 15) is 4.79 Å². The Bertz CT molecular complexity index is 558. The third kappa shape index (κ3) is 2.20. The number of benzene rings is 1. The summed E-state index contributed by atoms with van der Waals surface area (Å²) in [5.74, 6) is 0.425. The molecule has 4 heteroatoms. The number of ketones is 1. The van der Waals surface area contributed by atoms with Crippen LogP contribution < -0.4 is 5.73 Å². The number of aryl methyl sites for hydroxylation is 2. The van der Waals surface area contributed by atoms with Crippen molar-refractivity contribution in [3.05, 3.63) is 47.2 Å². The van der Waals surface area contributed by atoms with Crippen LogP contribution in [0.2, 0.25) is 0 Å². The lowest BCUT2D eigenvalue weighted by molar-refractivity contribution is 0.0993. The standard InChI is InChI=1S/C13H15N3O/c1-9-5-3-4-6-10(9)7-12(17)11-8-15-16(2)13(11)14/h3-6,8H,7,14H2,1-2H3. The molecule has 88 valence electrons. The largest absolute Gasteiger partial charge is 0.383 e. The van der Waals surface area contributed by atoms with E-state index in [1.807, 2.05) is 31.2 Å². The van der Waals surface area contributed by atoms with Crippen LogP contribution in [0, 0.1) is 6.92 Å². The third-order valence-corrected chi connectivity index (χ3v) is 2.90. The molecule has 0 saturated heterocycles. The summed E-state index contributed by atoms with van der Waals surface area (Å²) >= 11 is 0. The quantitative estimate of drug-likeness (QED) is 0.815. The van der Waals surface area contributed by atoms with Gasteiger partial charge in [-0.1, -0.05) is 24.3 Å². The molecule has 0 radical (unpaired) electrons. The van der Waals surface area contributed by atoms with Crippen LogP contribution >= 0.6 is 0 Å². The predicted molar refractivity (Wildman–Crippen MR) is 66.8 cm³/mol. The molecule has 0 aliphatic heterocycles. The van der Waals surface area contributed by atoms with Crippen molar-refractivity contribution >= 4 is 11.6 Å². The highest BCUT2D eigenvalue weighted by molar-refractivity contribution is 6.01. The second kappa shape index (κ2) is 4.41. The van der Waals surface area contributed by atoms with Gasteiger partial charge in [-0.3, -0.25) is 9.48 Å². The van der Waals surface area contributed by atoms with Crippen LogP contribution in [0.4, 0.5) is 5.82 Å². The zero-order valence-electron chi connectivity index (χ0n) is 9.97. The minimum absolute atomic E-state index is 0.00454. The summed E-state index contributed by atoms with van der Waals surface area (Å²) in [7, 11) is 1.72. The van der Waals surface area contributed by atoms with Crippen LogP contribution in [0.15, 0.2) is 30.5 Å². The van der Waals surface area contributed by atoms with Crippen molar-refractivity contribution in [3.8, 4) is 0 Å². The second-order valence-electron chi connectivity index (χ2n) is 4.09. The number of aromatic nitrogens is 2. The van der Waals surface area contributed by atoms with E-state index in [1.165, 1.54) is 10.9 Å². The fourth-order valence-corrected chi connectivity index (χ4v) is 1.74. The van der Waals surface area contributed by atoms with Crippen molar-refractivity contribution in [3.63, 3.8) is 0 Å². The maximum absolute atomic E-state index is 12.1. The Balaban J connectivity index is 2.23. The van der Waals surface area contributed by atoms with Crippen LogP contribution in [0.1, 0.15) is 21.5 Å². The van der Waals surface area contributed by atoms with Crippen molar-refractivity contribution in [1.29, 1.82) is 0 Å². The number of carbonyl (C=O) groups is 1. The molecule has 0 amide bonds. The molecule has 1 aromatic heterocycles. The van der Waals surface area contributed by atoms with E-state index in [1.54, 1.807) is 7.05 Å². The fraction of sp³-hybridized carbons (Fsp3) is 0.231. The molecule has 0 unspecified atom stereocenters. The molecule has 2 rings (SSSR count). The van der Waals surface area contributed by atoms with E-state index >= 15 is 0 Å². The molecule has 2 N–H and O–H groups in total. The number of rotatable bonds is 3. The molecule has 1 aromatic carbocycles. The van der Waals surface area contributed by atoms with Crippen molar-refractivity contribution in [2.24, 2.45) is 7.05 Å². The highest BCUT2D eigenvalue weighted by Gasteiger charge is 2.14. The van der Waals surface area contributed by atoms with Gasteiger partial charge in [-0.15, -0.1) is 0 Å². The molecule has 1 heterocycles. The normalized spacial score (nSPS) is 10.5. The summed E-state index contributed by atoms with van der Waals surface area (Å²) in [6.45, 7) is 2.00. The van der Waals surface area contributed by atoms with Crippen molar-refractivity contribution in [1.82, 2.24) is 9.78 Å². The van der Waals surface area contributed by atoms with Gasteiger partial charge in [0.15, 0.2) is 5.78 Å². The van der Waals surface area contributed by atoms with Gasteiger partial charge in [-0.2, -0.15) is 5.10 Å². The minimum atomic E-state index is 0.00454. The highest BCUT2D eigenvalue weighted by Crippen LogP contribution is 2.15. The number of nitrogens with zero attached hydrogens (tertiary/aromatic N) is 2. The molecular formula is C13H15N3O. The van der Waals surface area contributed by atoms with Gasteiger partial charge in [0, 0.05) is 13.5 Å². The molecule has 4 nitrogen and oxygen atoms in total. The Morgan fingerprint density at radius 3 is 2.71 bits per heavy atom. The van der Waals surface area contributed by atoms with E-state index in [4.69, 9.17) is 5.73 Å². The van der Waals surface area contributed by atoms with Crippen LogP contribution in [-0.2, 0) is 13.5 Å². The zero-order valence-corrected chi connectivity index (χ0v) is 9.97. The average molecular weight is 229 g/mol. The van der Waals surface area contributed by atoms with E-state index in [0.717, 1.165) is 11.1 Å². The Hall–Kier alpha value is -2.10. The number of anilines is 1. The van der Waals surface area contributed by atoms with Crippen LogP contribution in [0.5, 0.6) is 0 Å². The molecule has 0 fully saturated rings. The third-order valence-electron chi connectivity index (χ3n) is 2.90. The first-order valence-electron chi connectivity index (χ1n) is 5.44. The highest BCUT2D eigenvalue weighted by atomic mass is 16.1. The minimum Gasteiger partial charge on any atom is -0.383 e. The maximum Gasteiger partial charge on any atom is 0.172 e.